The van der Waals surface area contributed by atoms with Gasteiger partial charge in [-0.15, -0.1) is 5.10 Å². The molecule has 5 N–H and O–H groups in total. The number of benzene rings is 3. The first kappa shape index (κ1) is 25.6. The van der Waals surface area contributed by atoms with Crippen molar-refractivity contribution in [2.24, 2.45) is 0 Å². The Morgan fingerprint density at radius 3 is 2.37 bits per heavy atom. The highest BCUT2D eigenvalue weighted by atomic mass is 35.5. The minimum absolute atomic E-state index is 0.0833. The fourth-order valence-corrected chi connectivity index (χ4v) is 4.46. The van der Waals surface area contributed by atoms with Crippen molar-refractivity contribution >= 4 is 35.1 Å². The summed E-state index contributed by atoms with van der Waals surface area (Å²) < 4.78 is 1.47. The van der Waals surface area contributed by atoms with Gasteiger partial charge in [0, 0.05) is 39.8 Å². The number of tetrazole rings is 1. The van der Waals surface area contributed by atoms with Gasteiger partial charge < -0.3 is 16.5 Å². The summed E-state index contributed by atoms with van der Waals surface area (Å²) in [6.45, 7) is 0. The predicted molar refractivity (Wildman–Crippen MR) is 159 cm³/mol. The lowest BCUT2D eigenvalue weighted by atomic mass is 10.0. The van der Waals surface area contributed by atoms with Crippen LogP contribution in [0.5, 0.6) is 0 Å². The van der Waals surface area contributed by atoms with Gasteiger partial charge in [0.05, 0.1) is 5.69 Å². The molecule has 0 aliphatic heterocycles. The Kier molecular flexibility index (Phi) is 6.76. The summed E-state index contributed by atoms with van der Waals surface area (Å²) in [6.07, 6.45) is 2.70. The van der Waals surface area contributed by atoms with E-state index in [0.717, 1.165) is 22.9 Å². The molecule has 0 aliphatic carbocycles. The molecule has 41 heavy (non-hydrogen) atoms. The van der Waals surface area contributed by atoms with E-state index < -0.39 is 5.56 Å². The number of nitrogens with two attached hydrogens (primary N) is 1. The first-order chi connectivity index (χ1) is 20.0. The number of anilines is 3. The van der Waals surface area contributed by atoms with Crippen molar-refractivity contribution in [2.75, 3.05) is 11.1 Å². The molecule has 0 atom stereocenters. The largest absolute Gasteiger partial charge is 0.384 e. The van der Waals surface area contributed by atoms with Gasteiger partial charge in [-0.25, -0.2) is 15.1 Å². The number of pyridine rings is 1. The number of H-pyrrole nitrogens is 1. The van der Waals surface area contributed by atoms with E-state index in [4.69, 9.17) is 27.7 Å². The minimum atomic E-state index is -0.419. The fourth-order valence-electron chi connectivity index (χ4n) is 4.33. The van der Waals surface area contributed by atoms with Crippen molar-refractivity contribution in [1.82, 2.24) is 35.2 Å². The van der Waals surface area contributed by atoms with Crippen molar-refractivity contribution in [2.45, 2.75) is 0 Å². The smallest absolute Gasteiger partial charge is 0.269 e. The van der Waals surface area contributed by atoms with Gasteiger partial charge in [0.1, 0.15) is 23.0 Å². The lowest BCUT2D eigenvalue weighted by molar-refractivity contribution is 0.881. The van der Waals surface area contributed by atoms with Crippen LogP contribution in [0.15, 0.2) is 95.9 Å². The third-order valence-electron chi connectivity index (χ3n) is 6.35. The number of nitrogens with one attached hydrogen (secondary N) is 3. The van der Waals surface area contributed by atoms with E-state index in [1.165, 1.54) is 4.57 Å². The topological polar surface area (TPSA) is 164 Å². The molecular formula is C29H21ClN10O. The maximum absolute atomic E-state index is 13.9. The van der Waals surface area contributed by atoms with E-state index in [-0.39, 0.29) is 11.4 Å². The molecule has 3 heterocycles. The van der Waals surface area contributed by atoms with Gasteiger partial charge in [0.25, 0.3) is 5.56 Å². The van der Waals surface area contributed by atoms with Crippen molar-refractivity contribution in [3.05, 3.63) is 112 Å². The van der Waals surface area contributed by atoms with Gasteiger partial charge in [-0.05, 0) is 64.5 Å². The molecule has 6 aromatic rings. The molecule has 0 saturated carbocycles. The van der Waals surface area contributed by atoms with Crippen LogP contribution in [0.2, 0.25) is 5.02 Å². The second-order valence-electron chi connectivity index (χ2n) is 8.96. The molecule has 3 aromatic heterocycles. The van der Waals surface area contributed by atoms with Crippen LogP contribution in [-0.2, 0) is 0 Å². The Morgan fingerprint density at radius 1 is 0.927 bits per heavy atom. The summed E-state index contributed by atoms with van der Waals surface area (Å²) in [5, 5.41) is 25.7. The molecule has 11 nitrogen and oxygen atoms in total. The molecule has 0 spiro atoms. The Hall–Kier alpha value is -5.68. The number of hydrogen-bond donors (Lipinski definition) is 4. The first-order valence-corrected chi connectivity index (χ1v) is 12.7. The summed E-state index contributed by atoms with van der Waals surface area (Å²) >= 11 is 6.13. The number of hydrogen-bond acceptors (Lipinski definition) is 9. The van der Waals surface area contributed by atoms with E-state index in [9.17, 15) is 4.79 Å². The number of aromatic amines is 1. The maximum Gasteiger partial charge on any atom is 0.269 e. The highest BCUT2D eigenvalue weighted by molar-refractivity contribution is 6.30. The van der Waals surface area contributed by atoms with Gasteiger partial charge in [0.2, 0.25) is 0 Å². The van der Waals surface area contributed by atoms with Gasteiger partial charge >= 0.3 is 0 Å². The van der Waals surface area contributed by atoms with E-state index in [1.807, 2.05) is 54.6 Å². The van der Waals surface area contributed by atoms with Crippen LogP contribution in [-0.4, -0.2) is 41.4 Å². The Bertz CT molecular complexity index is 1900. The van der Waals surface area contributed by atoms with Crippen LogP contribution in [0, 0.1) is 5.41 Å². The van der Waals surface area contributed by atoms with Gasteiger partial charge in [-0.1, -0.05) is 48.0 Å². The molecular weight excluding hydrogens is 540 g/mol. The van der Waals surface area contributed by atoms with Crippen LogP contribution in [0.4, 0.5) is 17.3 Å². The van der Waals surface area contributed by atoms with Gasteiger partial charge in [0.15, 0.2) is 5.82 Å². The summed E-state index contributed by atoms with van der Waals surface area (Å²) in [5.74, 6) is 1.54. The third-order valence-corrected chi connectivity index (χ3v) is 6.61. The summed E-state index contributed by atoms with van der Waals surface area (Å²) in [6, 6.07) is 25.4. The number of aromatic nitrogens is 7. The van der Waals surface area contributed by atoms with Crippen molar-refractivity contribution in [3.8, 4) is 39.6 Å². The average molecular weight is 561 g/mol. The highest BCUT2D eigenvalue weighted by Crippen LogP contribution is 2.28. The number of nitrogens with zero attached hydrogens (tertiary/aromatic N) is 6. The molecule has 0 fully saturated rings. The molecule has 3 aromatic carbocycles. The first-order valence-electron chi connectivity index (χ1n) is 12.4. The van der Waals surface area contributed by atoms with Crippen LogP contribution >= 0.6 is 11.6 Å². The normalized spacial score (nSPS) is 10.9. The molecule has 6 rings (SSSR count). The molecule has 0 saturated heterocycles. The maximum atomic E-state index is 13.9. The molecule has 12 heteroatoms. The molecule has 200 valence electrons. The number of halogens is 1. The Balaban J connectivity index is 1.48. The molecule has 0 unspecified atom stereocenters. The average Bonchev–Trinajstić information content (AvgIpc) is 3.54. The van der Waals surface area contributed by atoms with Crippen LogP contribution < -0.4 is 16.6 Å². The molecule has 0 radical (unpaired) electrons. The van der Waals surface area contributed by atoms with Crippen molar-refractivity contribution < 1.29 is 0 Å². The summed E-state index contributed by atoms with van der Waals surface area (Å²) in [5.41, 5.74) is 9.84. The van der Waals surface area contributed by atoms with Crippen molar-refractivity contribution in [3.63, 3.8) is 0 Å². The minimum Gasteiger partial charge on any atom is -0.384 e. The highest BCUT2D eigenvalue weighted by Gasteiger charge is 2.19. The third kappa shape index (κ3) is 5.16. The predicted octanol–water partition coefficient (Wildman–Crippen LogP) is 5.12. The zero-order chi connectivity index (χ0) is 28.3. The Morgan fingerprint density at radius 2 is 1.68 bits per heavy atom. The summed E-state index contributed by atoms with van der Waals surface area (Å²) in [4.78, 5) is 22.9. The van der Waals surface area contributed by atoms with Crippen molar-refractivity contribution in [1.29, 1.82) is 5.41 Å². The van der Waals surface area contributed by atoms with Crippen LogP contribution in [0.25, 0.3) is 39.6 Å². The number of rotatable bonds is 7. The molecule has 0 bridgehead atoms. The van der Waals surface area contributed by atoms with E-state index in [1.54, 1.807) is 36.5 Å². The zero-order valence-electron chi connectivity index (χ0n) is 21.3. The molecule has 0 aliphatic rings. The lowest BCUT2D eigenvalue weighted by Gasteiger charge is -2.17. The summed E-state index contributed by atoms with van der Waals surface area (Å²) in [7, 11) is 0. The number of nitrogen functional groups attached to an aromatic ring is 1. The fraction of sp³-hybridized carbons (Fsp3) is 0. The van der Waals surface area contributed by atoms with Gasteiger partial charge in [-0.3, -0.25) is 9.36 Å². The Labute approximate surface area is 238 Å². The standard InChI is InChI=1S/C29H21ClN10O/c30-21-9-11-23(12-10-21)40-28(18-6-4-17(5-7-18)20-8-13-25(32)33-16-20)35-27(24(15-31)29(40)41)34-22-3-1-2-19(14-22)26-36-38-39-37-26/h1-16,31,34H,(H2,32,33)(H,36,37,38,39). The molecule has 0 amide bonds. The van der Waals surface area contributed by atoms with Crippen LogP contribution in [0.3, 0.4) is 0 Å². The lowest BCUT2D eigenvalue weighted by Crippen LogP contribution is -2.26. The van der Waals surface area contributed by atoms with E-state index in [0.29, 0.717) is 39.4 Å². The second kappa shape index (κ2) is 10.8. The quantitative estimate of drug-likeness (QED) is 0.195. The van der Waals surface area contributed by atoms with Gasteiger partial charge in [-0.2, -0.15) is 0 Å². The SMILES string of the molecule is N=Cc1c(Nc2cccc(-c3nnn[nH]3)c2)nc(-c2ccc(-c3ccc(N)nc3)cc2)n(-c2ccc(Cl)cc2)c1=O. The zero-order valence-corrected chi connectivity index (χ0v) is 22.0. The monoisotopic (exact) mass is 560 g/mol. The van der Waals surface area contributed by atoms with Crippen LogP contribution in [0.1, 0.15) is 5.56 Å². The van der Waals surface area contributed by atoms with E-state index in [2.05, 4.69) is 30.9 Å². The van der Waals surface area contributed by atoms with E-state index >= 15 is 0 Å². The second-order valence-corrected chi connectivity index (χ2v) is 9.40.